The Balaban J connectivity index is 1.18. The summed E-state index contributed by atoms with van der Waals surface area (Å²) in [5.74, 6) is -0.140. The van der Waals surface area contributed by atoms with Gasteiger partial charge in [-0.25, -0.2) is 9.37 Å². The van der Waals surface area contributed by atoms with E-state index in [1.165, 1.54) is 23.9 Å². The van der Waals surface area contributed by atoms with Crippen molar-refractivity contribution in [3.8, 4) is 0 Å². The Morgan fingerprint density at radius 2 is 1.82 bits per heavy atom. The summed E-state index contributed by atoms with van der Waals surface area (Å²) in [5.41, 5.74) is 2.46. The van der Waals surface area contributed by atoms with E-state index in [2.05, 4.69) is 20.1 Å². The molecule has 0 radical (unpaired) electrons. The average molecular weight is 484 g/mol. The molecule has 180 valence electrons. The summed E-state index contributed by atoms with van der Waals surface area (Å²) >= 11 is 1.19. The average Bonchev–Trinajstić information content (AvgIpc) is 2.86. The second-order valence-electron chi connectivity index (χ2n) is 8.25. The van der Waals surface area contributed by atoms with Crippen molar-refractivity contribution in [3.63, 3.8) is 0 Å². The molecule has 1 aliphatic rings. The molecule has 4 rings (SSSR count). The number of hydrogen-bond acceptors (Lipinski definition) is 6. The van der Waals surface area contributed by atoms with Crippen LogP contribution >= 0.6 is 11.8 Å². The molecule has 3 aromatic rings. The Morgan fingerprint density at radius 3 is 2.56 bits per heavy atom. The highest BCUT2D eigenvalue weighted by molar-refractivity contribution is 7.99. The summed E-state index contributed by atoms with van der Waals surface area (Å²) in [7, 11) is 0. The van der Waals surface area contributed by atoms with E-state index >= 15 is 0 Å². The molecule has 1 aliphatic heterocycles. The van der Waals surface area contributed by atoms with Gasteiger partial charge in [-0.15, -0.1) is 0 Å². The lowest BCUT2D eigenvalue weighted by atomic mass is 10.2. The zero-order valence-corrected chi connectivity index (χ0v) is 20.2. The number of piperazine rings is 1. The van der Waals surface area contributed by atoms with Crippen LogP contribution in [0.15, 0.2) is 58.4 Å². The summed E-state index contributed by atoms with van der Waals surface area (Å²) in [6, 6.07) is 14.2. The fourth-order valence-corrected chi connectivity index (χ4v) is 4.94. The number of anilines is 1. The summed E-state index contributed by atoms with van der Waals surface area (Å²) in [5, 5.41) is 3.30. The molecule has 0 spiro atoms. The molecule has 0 aliphatic carbocycles. The van der Waals surface area contributed by atoms with E-state index in [0.717, 1.165) is 55.9 Å². The van der Waals surface area contributed by atoms with E-state index in [-0.39, 0.29) is 23.0 Å². The molecule has 1 aromatic heterocycles. The Labute approximate surface area is 203 Å². The van der Waals surface area contributed by atoms with Gasteiger partial charge in [-0.05, 0) is 56.3 Å². The van der Waals surface area contributed by atoms with Crippen LogP contribution in [0.3, 0.4) is 0 Å². The Kier molecular flexibility index (Phi) is 8.18. The van der Waals surface area contributed by atoms with E-state index in [0.29, 0.717) is 18.1 Å². The Morgan fingerprint density at radius 1 is 1.09 bits per heavy atom. The predicted octanol–water partition coefficient (Wildman–Crippen LogP) is 2.98. The smallest absolute Gasteiger partial charge is 0.283 e. The van der Waals surface area contributed by atoms with Gasteiger partial charge in [0.15, 0.2) is 5.03 Å². The van der Waals surface area contributed by atoms with Gasteiger partial charge in [-0.1, -0.05) is 23.9 Å². The van der Waals surface area contributed by atoms with Crippen molar-refractivity contribution in [2.24, 2.45) is 0 Å². The molecule has 0 bridgehead atoms. The molecule has 2 aromatic carbocycles. The zero-order valence-electron chi connectivity index (χ0n) is 19.4. The lowest BCUT2D eigenvalue weighted by Crippen LogP contribution is -2.47. The van der Waals surface area contributed by atoms with Gasteiger partial charge in [0.25, 0.3) is 5.56 Å². The van der Waals surface area contributed by atoms with E-state index < -0.39 is 0 Å². The summed E-state index contributed by atoms with van der Waals surface area (Å²) < 4.78 is 14.8. The number of aromatic nitrogens is 2. The minimum Gasteiger partial charge on any atom is -0.369 e. The van der Waals surface area contributed by atoms with Gasteiger partial charge in [-0.2, -0.15) is 0 Å². The molecule has 1 saturated heterocycles. The van der Waals surface area contributed by atoms with Crippen LogP contribution in [0.2, 0.25) is 0 Å². The molecule has 1 fully saturated rings. The third-order valence-corrected chi connectivity index (χ3v) is 6.96. The van der Waals surface area contributed by atoms with Crippen molar-refractivity contribution < 1.29 is 9.18 Å². The number of aryl methyl sites for hydroxylation is 1. The molecule has 1 amide bonds. The Hall–Kier alpha value is -2.91. The summed E-state index contributed by atoms with van der Waals surface area (Å²) in [6.07, 6.45) is 0.865. The lowest BCUT2D eigenvalue weighted by molar-refractivity contribution is -0.118. The minimum atomic E-state index is -0.213. The first kappa shape index (κ1) is 24.2. The fourth-order valence-electron chi connectivity index (χ4n) is 4.17. The van der Waals surface area contributed by atoms with Gasteiger partial charge in [0.2, 0.25) is 5.91 Å². The number of thioether (sulfide) groups is 1. The molecule has 0 atom stereocenters. The largest absolute Gasteiger partial charge is 0.369 e. The minimum absolute atomic E-state index is 0.0939. The van der Waals surface area contributed by atoms with E-state index in [1.807, 2.05) is 43.3 Å². The number of carbonyl (C=O) groups is 1. The number of fused-ring (bicyclic) bond motifs is 1. The first-order valence-corrected chi connectivity index (χ1v) is 12.7. The van der Waals surface area contributed by atoms with Crippen molar-refractivity contribution in [3.05, 3.63) is 64.7 Å². The van der Waals surface area contributed by atoms with Crippen molar-refractivity contribution >= 4 is 34.4 Å². The molecular formula is C25H30FN5O2S. The number of halogens is 1. The van der Waals surface area contributed by atoms with Gasteiger partial charge in [0.1, 0.15) is 5.82 Å². The summed E-state index contributed by atoms with van der Waals surface area (Å²) in [4.78, 5) is 34.1. The standard InChI is InChI=1S/C25H30FN5O2S/c1-2-31-22-7-4-3-6-21(22)28-24(25(31)33)34-18-23(32)27-12-5-13-29-14-16-30(17-15-29)20-10-8-19(26)9-11-20/h3-4,6-11H,2,5,12-18H2,1H3,(H,27,32). The number of rotatable bonds is 9. The normalized spacial score (nSPS) is 14.5. The maximum atomic E-state index is 13.1. The topological polar surface area (TPSA) is 70.5 Å². The van der Waals surface area contributed by atoms with Gasteiger partial charge < -0.3 is 14.8 Å². The SMILES string of the molecule is CCn1c(=O)c(SCC(=O)NCCCN2CCN(c3ccc(F)cc3)CC2)nc2ccccc21. The second-order valence-corrected chi connectivity index (χ2v) is 9.22. The highest BCUT2D eigenvalue weighted by Gasteiger charge is 2.17. The monoisotopic (exact) mass is 483 g/mol. The van der Waals surface area contributed by atoms with E-state index in [1.54, 1.807) is 4.57 Å². The summed E-state index contributed by atoms with van der Waals surface area (Å²) in [6.45, 7) is 7.69. The van der Waals surface area contributed by atoms with Crippen molar-refractivity contribution in [1.82, 2.24) is 19.8 Å². The molecule has 34 heavy (non-hydrogen) atoms. The van der Waals surface area contributed by atoms with Crippen LogP contribution in [-0.4, -0.2) is 65.4 Å². The van der Waals surface area contributed by atoms with Crippen LogP contribution in [0.4, 0.5) is 10.1 Å². The zero-order chi connectivity index (χ0) is 23.9. The van der Waals surface area contributed by atoms with Crippen LogP contribution in [0, 0.1) is 5.82 Å². The van der Waals surface area contributed by atoms with Crippen LogP contribution < -0.4 is 15.8 Å². The second kappa shape index (κ2) is 11.5. The lowest BCUT2D eigenvalue weighted by Gasteiger charge is -2.36. The predicted molar refractivity (Wildman–Crippen MR) is 135 cm³/mol. The number of nitrogens with one attached hydrogen (secondary N) is 1. The van der Waals surface area contributed by atoms with Gasteiger partial charge in [0.05, 0.1) is 16.8 Å². The van der Waals surface area contributed by atoms with E-state index in [4.69, 9.17) is 0 Å². The molecular weight excluding hydrogens is 453 g/mol. The van der Waals surface area contributed by atoms with Gasteiger partial charge in [0, 0.05) is 45.0 Å². The maximum Gasteiger partial charge on any atom is 0.283 e. The molecule has 0 unspecified atom stereocenters. The molecule has 2 heterocycles. The van der Waals surface area contributed by atoms with Crippen LogP contribution in [0.5, 0.6) is 0 Å². The quantitative estimate of drug-likeness (QED) is 0.373. The fraction of sp³-hybridized carbons (Fsp3) is 0.400. The van der Waals surface area contributed by atoms with Gasteiger partial charge in [-0.3, -0.25) is 14.5 Å². The highest BCUT2D eigenvalue weighted by atomic mass is 32.2. The van der Waals surface area contributed by atoms with Crippen LogP contribution in [-0.2, 0) is 11.3 Å². The molecule has 1 N–H and O–H groups in total. The third kappa shape index (κ3) is 5.95. The van der Waals surface area contributed by atoms with Crippen LogP contribution in [0.1, 0.15) is 13.3 Å². The van der Waals surface area contributed by atoms with E-state index in [9.17, 15) is 14.0 Å². The van der Waals surface area contributed by atoms with Crippen LogP contribution in [0.25, 0.3) is 11.0 Å². The highest BCUT2D eigenvalue weighted by Crippen LogP contribution is 2.18. The van der Waals surface area contributed by atoms with Crippen molar-refractivity contribution in [2.45, 2.75) is 24.9 Å². The Bertz CT molecular complexity index is 1180. The number of nitrogens with zero attached hydrogens (tertiary/aromatic N) is 4. The molecule has 7 nitrogen and oxygen atoms in total. The maximum absolute atomic E-state index is 13.1. The first-order chi connectivity index (χ1) is 16.5. The number of benzene rings is 2. The molecule has 9 heteroatoms. The third-order valence-electron chi connectivity index (χ3n) is 6.02. The van der Waals surface area contributed by atoms with Gasteiger partial charge >= 0.3 is 0 Å². The molecule has 0 saturated carbocycles. The number of para-hydroxylation sites is 2. The number of hydrogen-bond donors (Lipinski definition) is 1. The first-order valence-electron chi connectivity index (χ1n) is 11.7. The van der Waals surface area contributed by atoms with Crippen molar-refractivity contribution in [2.75, 3.05) is 49.9 Å². The number of amides is 1. The van der Waals surface area contributed by atoms with Crippen molar-refractivity contribution in [1.29, 1.82) is 0 Å². The number of carbonyl (C=O) groups excluding carboxylic acids is 1.